The zero-order chi connectivity index (χ0) is 17.1. The van der Waals surface area contributed by atoms with Crippen LogP contribution in [-0.2, 0) is 4.74 Å². The van der Waals surface area contributed by atoms with Crippen LogP contribution < -0.4 is 10.6 Å². The van der Waals surface area contributed by atoms with Crippen molar-refractivity contribution < 1.29 is 4.74 Å². The quantitative estimate of drug-likeness (QED) is 0.516. The summed E-state index contributed by atoms with van der Waals surface area (Å²) in [6.07, 6.45) is 6.33. The number of hydrogen-bond donors (Lipinski definition) is 2. The van der Waals surface area contributed by atoms with Crippen molar-refractivity contribution in [2.75, 3.05) is 58.2 Å². The van der Waals surface area contributed by atoms with Gasteiger partial charge in [0.25, 0.3) is 0 Å². The van der Waals surface area contributed by atoms with E-state index in [4.69, 9.17) is 9.73 Å². The molecule has 0 spiro atoms. The monoisotopic (exact) mass is 356 g/mol. The van der Waals surface area contributed by atoms with Crippen molar-refractivity contribution in [2.45, 2.75) is 50.7 Å². The summed E-state index contributed by atoms with van der Waals surface area (Å²) < 4.78 is 5.82. The van der Waals surface area contributed by atoms with Crippen LogP contribution in [0.3, 0.4) is 0 Å². The zero-order valence-corrected chi connectivity index (χ0v) is 16.4. The molecule has 140 valence electrons. The zero-order valence-electron chi connectivity index (χ0n) is 15.6. The van der Waals surface area contributed by atoms with Gasteiger partial charge in [0.1, 0.15) is 0 Å². The Balaban J connectivity index is 1.81. The molecule has 24 heavy (non-hydrogen) atoms. The first kappa shape index (κ1) is 19.9. The van der Waals surface area contributed by atoms with Gasteiger partial charge in [-0.05, 0) is 51.4 Å². The third kappa shape index (κ3) is 6.81. The molecular formula is C18H36N4OS. The van der Waals surface area contributed by atoms with Crippen molar-refractivity contribution in [2.24, 2.45) is 4.99 Å². The van der Waals surface area contributed by atoms with E-state index in [1.165, 1.54) is 32.4 Å². The maximum absolute atomic E-state index is 5.56. The number of thioether (sulfide) groups is 1. The molecule has 0 bridgehead atoms. The van der Waals surface area contributed by atoms with E-state index in [1.807, 2.05) is 0 Å². The molecule has 0 amide bonds. The van der Waals surface area contributed by atoms with E-state index >= 15 is 0 Å². The average molecular weight is 357 g/mol. The van der Waals surface area contributed by atoms with Gasteiger partial charge >= 0.3 is 0 Å². The highest BCUT2D eigenvalue weighted by Crippen LogP contribution is 2.35. The summed E-state index contributed by atoms with van der Waals surface area (Å²) in [5.41, 5.74) is 0. The Kier molecular flexibility index (Phi) is 9.28. The van der Waals surface area contributed by atoms with E-state index in [2.05, 4.69) is 41.1 Å². The third-order valence-electron chi connectivity index (χ3n) is 4.89. The van der Waals surface area contributed by atoms with Crippen LogP contribution in [0.2, 0.25) is 0 Å². The van der Waals surface area contributed by atoms with Gasteiger partial charge in [-0.3, -0.25) is 4.99 Å². The van der Waals surface area contributed by atoms with E-state index in [-0.39, 0.29) is 4.75 Å². The minimum absolute atomic E-state index is 0.266. The molecule has 2 aliphatic heterocycles. The van der Waals surface area contributed by atoms with Gasteiger partial charge in [-0.15, -0.1) is 0 Å². The van der Waals surface area contributed by atoms with E-state index in [0.29, 0.717) is 0 Å². The number of piperidine rings is 1. The lowest BCUT2D eigenvalue weighted by atomic mass is 9.99. The molecule has 0 saturated carbocycles. The average Bonchev–Trinajstić information content (AvgIpc) is 2.62. The molecule has 0 radical (unpaired) electrons. The molecule has 0 aromatic heterocycles. The largest absolute Gasteiger partial charge is 0.381 e. The number of ether oxygens (including phenoxy) is 1. The molecular weight excluding hydrogens is 320 g/mol. The van der Waals surface area contributed by atoms with Crippen LogP contribution in [-0.4, -0.2) is 73.8 Å². The maximum atomic E-state index is 5.56. The van der Waals surface area contributed by atoms with Gasteiger partial charge in [-0.2, -0.15) is 11.8 Å². The van der Waals surface area contributed by atoms with Crippen LogP contribution in [0.5, 0.6) is 0 Å². The van der Waals surface area contributed by atoms with Gasteiger partial charge in [0.15, 0.2) is 5.96 Å². The highest BCUT2D eigenvalue weighted by molar-refractivity contribution is 8.00. The van der Waals surface area contributed by atoms with Crippen molar-refractivity contribution in [3.05, 3.63) is 0 Å². The summed E-state index contributed by atoms with van der Waals surface area (Å²) in [6, 6.07) is 0. The fraction of sp³-hybridized carbons (Fsp3) is 0.944. The summed E-state index contributed by atoms with van der Waals surface area (Å²) in [6.45, 7) is 12.5. The summed E-state index contributed by atoms with van der Waals surface area (Å²) >= 11 is 2.06. The Morgan fingerprint density at radius 2 is 1.88 bits per heavy atom. The van der Waals surface area contributed by atoms with Gasteiger partial charge in [0, 0.05) is 37.6 Å². The molecule has 0 aromatic carbocycles. The number of nitrogens with zero attached hydrogens (tertiary/aromatic N) is 2. The van der Waals surface area contributed by atoms with Crippen molar-refractivity contribution >= 4 is 17.7 Å². The molecule has 2 N–H and O–H groups in total. The Bertz CT molecular complexity index is 361. The second-order valence-corrected chi connectivity index (χ2v) is 8.48. The first-order valence-corrected chi connectivity index (χ1v) is 10.7. The predicted octanol–water partition coefficient (Wildman–Crippen LogP) is 2.33. The van der Waals surface area contributed by atoms with Crippen molar-refractivity contribution in [1.82, 2.24) is 15.5 Å². The maximum Gasteiger partial charge on any atom is 0.191 e. The van der Waals surface area contributed by atoms with Crippen LogP contribution in [0.25, 0.3) is 0 Å². The number of aliphatic imine (C=N–C) groups is 1. The highest BCUT2D eigenvalue weighted by Gasteiger charge is 2.32. The highest BCUT2D eigenvalue weighted by atomic mass is 32.2. The number of hydrogen-bond acceptors (Lipinski definition) is 4. The van der Waals surface area contributed by atoms with Crippen LogP contribution in [0.4, 0.5) is 0 Å². The van der Waals surface area contributed by atoms with Gasteiger partial charge in [-0.1, -0.05) is 13.3 Å². The molecule has 6 heteroatoms. The molecule has 5 nitrogen and oxygen atoms in total. The Labute approximate surface area is 152 Å². The molecule has 2 rings (SSSR count). The van der Waals surface area contributed by atoms with Gasteiger partial charge in [-0.25, -0.2) is 0 Å². The second kappa shape index (κ2) is 11.2. The fourth-order valence-corrected chi connectivity index (χ4v) is 4.70. The Hall–Kier alpha value is -0.460. The lowest BCUT2D eigenvalue weighted by Crippen LogP contribution is -2.44. The molecule has 2 aliphatic rings. The minimum atomic E-state index is 0.266. The minimum Gasteiger partial charge on any atom is -0.381 e. The first-order chi connectivity index (χ1) is 11.8. The number of rotatable bonds is 8. The number of nitrogens with one attached hydrogen (secondary N) is 2. The Morgan fingerprint density at radius 1 is 1.12 bits per heavy atom. The molecule has 0 aliphatic carbocycles. The van der Waals surface area contributed by atoms with E-state index < -0.39 is 0 Å². The topological polar surface area (TPSA) is 48.9 Å². The standard InChI is InChI=1S/C18H36N4OS/c1-3-19-17(20-10-13-22-11-6-5-7-12-22)21-16-18(24-4-2)8-14-23-15-9-18/h3-16H2,1-2H3,(H2,19,20,21). The lowest BCUT2D eigenvalue weighted by Gasteiger charge is -2.35. The SMILES string of the molecule is CCNC(=NCC1(SCC)CCOCC1)NCCN1CCCCC1. The fourth-order valence-electron chi connectivity index (χ4n) is 3.48. The molecule has 0 aromatic rings. The van der Waals surface area contributed by atoms with Crippen molar-refractivity contribution in [1.29, 1.82) is 0 Å². The van der Waals surface area contributed by atoms with E-state index in [1.54, 1.807) is 0 Å². The molecule has 0 atom stereocenters. The Morgan fingerprint density at radius 3 is 2.54 bits per heavy atom. The van der Waals surface area contributed by atoms with Crippen molar-refractivity contribution in [3.63, 3.8) is 0 Å². The summed E-state index contributed by atoms with van der Waals surface area (Å²) in [7, 11) is 0. The van der Waals surface area contributed by atoms with E-state index in [0.717, 1.165) is 63.9 Å². The van der Waals surface area contributed by atoms with Gasteiger partial charge < -0.3 is 20.3 Å². The third-order valence-corrected chi connectivity index (χ3v) is 6.33. The summed E-state index contributed by atoms with van der Waals surface area (Å²) in [5, 5.41) is 6.92. The number of likely N-dealkylation sites (tertiary alicyclic amines) is 1. The summed E-state index contributed by atoms with van der Waals surface area (Å²) in [5.74, 6) is 2.12. The number of guanidine groups is 1. The van der Waals surface area contributed by atoms with Gasteiger partial charge in [0.05, 0.1) is 6.54 Å². The van der Waals surface area contributed by atoms with Crippen LogP contribution in [0, 0.1) is 0 Å². The van der Waals surface area contributed by atoms with E-state index in [9.17, 15) is 0 Å². The summed E-state index contributed by atoms with van der Waals surface area (Å²) in [4.78, 5) is 7.47. The second-order valence-electron chi connectivity index (χ2n) is 6.75. The molecule has 2 fully saturated rings. The predicted molar refractivity (Wildman–Crippen MR) is 105 cm³/mol. The van der Waals surface area contributed by atoms with Gasteiger partial charge in [0.2, 0.25) is 0 Å². The lowest BCUT2D eigenvalue weighted by molar-refractivity contribution is 0.0793. The van der Waals surface area contributed by atoms with Crippen molar-refractivity contribution in [3.8, 4) is 0 Å². The first-order valence-electron chi connectivity index (χ1n) is 9.74. The smallest absolute Gasteiger partial charge is 0.191 e. The molecule has 2 saturated heterocycles. The van der Waals surface area contributed by atoms with Crippen LogP contribution in [0.15, 0.2) is 4.99 Å². The normalized spacial score (nSPS) is 22.3. The molecule has 2 heterocycles. The molecule has 0 unspecified atom stereocenters. The van der Waals surface area contributed by atoms with Crippen LogP contribution in [0.1, 0.15) is 46.0 Å². The van der Waals surface area contributed by atoms with Crippen LogP contribution >= 0.6 is 11.8 Å².